The first-order valence-corrected chi connectivity index (χ1v) is 5.09. The van der Waals surface area contributed by atoms with Gasteiger partial charge in [0.15, 0.2) is 0 Å². The standard InChI is InChI=1S/C10H12N2O3S/c1-3-15-10(14)6-4-12-9(16)7(5(6)2)8(11)13/h4H,3H2,1-2H3,(H2,11,13)(H,12,16). The molecule has 0 saturated heterocycles. The van der Waals surface area contributed by atoms with Gasteiger partial charge in [-0.2, -0.15) is 0 Å². The first-order valence-electron chi connectivity index (χ1n) is 4.68. The summed E-state index contributed by atoms with van der Waals surface area (Å²) in [6.07, 6.45) is 1.42. The molecule has 0 atom stereocenters. The van der Waals surface area contributed by atoms with Gasteiger partial charge in [0.25, 0.3) is 5.91 Å². The van der Waals surface area contributed by atoms with Crippen molar-refractivity contribution in [1.29, 1.82) is 0 Å². The maximum Gasteiger partial charge on any atom is 0.339 e. The molecule has 1 rings (SSSR count). The maximum atomic E-state index is 11.5. The van der Waals surface area contributed by atoms with Crippen LogP contribution in [0.3, 0.4) is 0 Å². The second-order valence-corrected chi connectivity index (χ2v) is 3.52. The number of primary amides is 1. The zero-order valence-electron chi connectivity index (χ0n) is 8.99. The van der Waals surface area contributed by atoms with Crippen LogP contribution in [0.1, 0.15) is 33.2 Å². The van der Waals surface area contributed by atoms with E-state index in [2.05, 4.69) is 4.98 Å². The number of pyridine rings is 1. The lowest BCUT2D eigenvalue weighted by atomic mass is 10.1. The number of aromatic amines is 1. The number of carbonyl (C=O) groups excluding carboxylic acids is 2. The number of nitrogens with one attached hydrogen (secondary N) is 1. The molecule has 0 aliphatic heterocycles. The molecule has 1 aromatic heterocycles. The molecule has 6 heteroatoms. The lowest BCUT2D eigenvalue weighted by Gasteiger charge is -2.08. The van der Waals surface area contributed by atoms with Gasteiger partial charge in [-0.15, -0.1) is 0 Å². The Morgan fingerprint density at radius 3 is 2.69 bits per heavy atom. The molecule has 0 saturated carbocycles. The van der Waals surface area contributed by atoms with Gasteiger partial charge in [0, 0.05) is 6.20 Å². The Kier molecular flexibility index (Phi) is 3.78. The second-order valence-electron chi connectivity index (χ2n) is 3.12. The van der Waals surface area contributed by atoms with Crippen LogP contribution in [0, 0.1) is 11.6 Å². The topological polar surface area (TPSA) is 85.2 Å². The van der Waals surface area contributed by atoms with Crippen molar-refractivity contribution in [3.63, 3.8) is 0 Å². The Balaban J connectivity index is 3.35. The van der Waals surface area contributed by atoms with Crippen molar-refractivity contribution in [2.24, 2.45) is 5.73 Å². The first kappa shape index (κ1) is 12.4. The molecular formula is C10H12N2O3S. The Hall–Kier alpha value is -1.69. The van der Waals surface area contributed by atoms with Gasteiger partial charge in [-0.1, -0.05) is 12.2 Å². The molecule has 0 fully saturated rings. The highest BCUT2D eigenvalue weighted by atomic mass is 32.1. The van der Waals surface area contributed by atoms with Gasteiger partial charge in [0.05, 0.1) is 17.7 Å². The Morgan fingerprint density at radius 1 is 1.56 bits per heavy atom. The van der Waals surface area contributed by atoms with Crippen LogP contribution in [0.15, 0.2) is 6.20 Å². The van der Waals surface area contributed by atoms with Crippen LogP contribution >= 0.6 is 12.2 Å². The fourth-order valence-corrected chi connectivity index (χ4v) is 1.65. The number of H-pyrrole nitrogens is 1. The van der Waals surface area contributed by atoms with Crippen LogP contribution in [0.4, 0.5) is 0 Å². The lowest BCUT2D eigenvalue weighted by Crippen LogP contribution is -2.17. The molecular weight excluding hydrogens is 228 g/mol. The molecule has 0 spiro atoms. The molecule has 86 valence electrons. The summed E-state index contributed by atoms with van der Waals surface area (Å²) in [5.74, 6) is -1.17. The van der Waals surface area contributed by atoms with Crippen molar-refractivity contribution in [3.05, 3.63) is 27.5 Å². The average Bonchev–Trinajstić information content (AvgIpc) is 2.17. The number of carbonyl (C=O) groups is 2. The van der Waals surface area contributed by atoms with Crippen molar-refractivity contribution in [2.45, 2.75) is 13.8 Å². The molecule has 0 bridgehead atoms. The molecule has 0 radical (unpaired) electrons. The predicted octanol–water partition coefficient (Wildman–Crippen LogP) is 1.33. The van der Waals surface area contributed by atoms with Gasteiger partial charge in [-0.05, 0) is 19.4 Å². The van der Waals surface area contributed by atoms with Crippen LogP contribution in [0.25, 0.3) is 0 Å². The molecule has 1 aromatic rings. The molecule has 0 aliphatic carbocycles. The third-order valence-corrected chi connectivity index (χ3v) is 2.42. The summed E-state index contributed by atoms with van der Waals surface area (Å²) in [6.45, 7) is 3.57. The summed E-state index contributed by atoms with van der Waals surface area (Å²) in [6, 6.07) is 0. The third kappa shape index (κ3) is 2.27. The van der Waals surface area contributed by atoms with E-state index >= 15 is 0 Å². The van der Waals surface area contributed by atoms with Crippen molar-refractivity contribution < 1.29 is 14.3 Å². The monoisotopic (exact) mass is 240 g/mol. The van der Waals surface area contributed by atoms with Crippen LogP contribution in [0.5, 0.6) is 0 Å². The van der Waals surface area contributed by atoms with Crippen LogP contribution in [-0.2, 0) is 4.74 Å². The molecule has 0 unspecified atom stereocenters. The fourth-order valence-electron chi connectivity index (χ4n) is 1.34. The first-order chi connectivity index (χ1) is 7.49. The fraction of sp³-hybridized carbons (Fsp3) is 0.300. The second kappa shape index (κ2) is 4.89. The van der Waals surface area contributed by atoms with E-state index in [9.17, 15) is 9.59 Å². The molecule has 5 nitrogen and oxygen atoms in total. The van der Waals surface area contributed by atoms with E-state index < -0.39 is 11.9 Å². The van der Waals surface area contributed by atoms with Crippen LogP contribution < -0.4 is 5.73 Å². The number of aromatic nitrogens is 1. The van der Waals surface area contributed by atoms with Gasteiger partial charge < -0.3 is 15.5 Å². The van der Waals surface area contributed by atoms with E-state index in [1.54, 1.807) is 13.8 Å². The van der Waals surface area contributed by atoms with E-state index in [1.165, 1.54) is 6.20 Å². The number of hydrogen-bond donors (Lipinski definition) is 2. The van der Waals surface area contributed by atoms with E-state index in [-0.39, 0.29) is 22.4 Å². The molecule has 16 heavy (non-hydrogen) atoms. The lowest BCUT2D eigenvalue weighted by molar-refractivity contribution is 0.0525. The number of amides is 1. The summed E-state index contributed by atoms with van der Waals surface area (Å²) in [7, 11) is 0. The highest BCUT2D eigenvalue weighted by molar-refractivity contribution is 7.71. The zero-order valence-corrected chi connectivity index (χ0v) is 9.81. The largest absolute Gasteiger partial charge is 0.462 e. The number of rotatable bonds is 3. The predicted molar refractivity (Wildman–Crippen MR) is 60.8 cm³/mol. The highest BCUT2D eigenvalue weighted by Gasteiger charge is 2.16. The number of esters is 1. The van der Waals surface area contributed by atoms with E-state index in [4.69, 9.17) is 22.7 Å². The number of hydrogen-bond acceptors (Lipinski definition) is 4. The molecule has 1 heterocycles. The average molecular weight is 240 g/mol. The summed E-state index contributed by atoms with van der Waals surface area (Å²) < 4.78 is 5.06. The van der Waals surface area contributed by atoms with Crippen LogP contribution in [0.2, 0.25) is 0 Å². The highest BCUT2D eigenvalue weighted by Crippen LogP contribution is 2.14. The molecule has 3 N–H and O–H groups in total. The number of nitrogens with two attached hydrogens (primary N) is 1. The molecule has 0 aromatic carbocycles. The minimum Gasteiger partial charge on any atom is -0.462 e. The van der Waals surface area contributed by atoms with Crippen molar-refractivity contribution >= 4 is 24.1 Å². The Bertz CT molecular complexity index is 493. The summed E-state index contributed by atoms with van der Waals surface area (Å²) in [5.41, 5.74) is 6.04. The van der Waals surface area contributed by atoms with E-state index in [0.29, 0.717) is 5.56 Å². The molecule has 1 amide bonds. The van der Waals surface area contributed by atoms with E-state index in [1.807, 2.05) is 0 Å². The maximum absolute atomic E-state index is 11.5. The SMILES string of the molecule is CCOC(=O)c1c[nH]c(=S)c(C(N)=O)c1C. The van der Waals surface area contributed by atoms with E-state index in [0.717, 1.165) is 0 Å². The minimum atomic E-state index is -0.662. The number of ether oxygens (including phenoxy) is 1. The van der Waals surface area contributed by atoms with Crippen LogP contribution in [-0.4, -0.2) is 23.5 Å². The third-order valence-electron chi connectivity index (χ3n) is 2.10. The Morgan fingerprint density at radius 2 is 2.19 bits per heavy atom. The smallest absolute Gasteiger partial charge is 0.339 e. The molecule has 0 aliphatic rings. The van der Waals surface area contributed by atoms with Gasteiger partial charge >= 0.3 is 5.97 Å². The summed E-state index contributed by atoms with van der Waals surface area (Å²) in [4.78, 5) is 25.3. The van der Waals surface area contributed by atoms with Gasteiger partial charge in [-0.25, -0.2) is 4.79 Å². The van der Waals surface area contributed by atoms with Crippen molar-refractivity contribution in [2.75, 3.05) is 6.61 Å². The van der Waals surface area contributed by atoms with Gasteiger partial charge in [-0.3, -0.25) is 4.79 Å². The normalized spacial score (nSPS) is 9.88. The van der Waals surface area contributed by atoms with Gasteiger partial charge in [0.2, 0.25) is 0 Å². The zero-order chi connectivity index (χ0) is 12.3. The summed E-state index contributed by atoms with van der Waals surface area (Å²) >= 11 is 4.92. The van der Waals surface area contributed by atoms with Crippen molar-refractivity contribution in [3.8, 4) is 0 Å². The Labute approximate surface area is 97.6 Å². The minimum absolute atomic E-state index is 0.153. The quantitative estimate of drug-likeness (QED) is 0.616. The van der Waals surface area contributed by atoms with Gasteiger partial charge in [0.1, 0.15) is 4.64 Å². The summed E-state index contributed by atoms with van der Waals surface area (Å²) in [5, 5.41) is 0. The van der Waals surface area contributed by atoms with Crippen molar-refractivity contribution in [1.82, 2.24) is 4.98 Å².